The summed E-state index contributed by atoms with van der Waals surface area (Å²) < 4.78 is 0. The number of carbonyl (C=O) groups is 1. The van der Waals surface area contributed by atoms with Gasteiger partial charge in [-0.25, -0.2) is 4.98 Å². The highest BCUT2D eigenvalue weighted by Gasteiger charge is 2.55. The standard InChI is InChI=1S/C22H33N5O2/c1-23-21(28)16-10-25-20-17(15(9-24-20)11-27(2)3)19(16)26-18-13-4-12-5-14(18)8-22(29,6-12)7-13/h10,12-15,18,29H,4-9,11H2,1-3H3,(H,23,28)(H2,24,25,26)/t12?,13-,14+,15?,18?,22?. The molecule has 1 aromatic heterocycles. The maximum atomic E-state index is 12.7. The van der Waals surface area contributed by atoms with Crippen LogP contribution in [-0.2, 0) is 0 Å². The largest absolute Gasteiger partial charge is 0.390 e. The van der Waals surface area contributed by atoms with Crippen molar-refractivity contribution in [3.05, 3.63) is 17.3 Å². The molecule has 4 fully saturated rings. The summed E-state index contributed by atoms with van der Waals surface area (Å²) in [5.41, 5.74) is 2.28. The smallest absolute Gasteiger partial charge is 0.254 e. The maximum Gasteiger partial charge on any atom is 0.254 e. The number of aromatic nitrogens is 1. The van der Waals surface area contributed by atoms with Crippen LogP contribution < -0.4 is 16.0 Å². The number of hydrogen-bond donors (Lipinski definition) is 4. The van der Waals surface area contributed by atoms with Crippen molar-refractivity contribution >= 4 is 17.4 Å². The summed E-state index contributed by atoms with van der Waals surface area (Å²) in [6.45, 7) is 1.75. The molecule has 1 aliphatic heterocycles. The summed E-state index contributed by atoms with van der Waals surface area (Å²) in [7, 11) is 5.84. The molecule has 4 aliphatic carbocycles. The Labute approximate surface area is 172 Å². The third kappa shape index (κ3) is 3.19. The van der Waals surface area contributed by atoms with Gasteiger partial charge in [0.1, 0.15) is 5.82 Å². The van der Waals surface area contributed by atoms with Crippen LogP contribution in [0.1, 0.15) is 53.9 Å². The average molecular weight is 400 g/mol. The van der Waals surface area contributed by atoms with E-state index >= 15 is 0 Å². The fourth-order valence-corrected chi connectivity index (χ4v) is 6.83. The number of likely N-dealkylation sites (N-methyl/N-ethyl adjacent to an activating group) is 1. The van der Waals surface area contributed by atoms with E-state index in [0.29, 0.717) is 35.3 Å². The molecular formula is C22H33N5O2. The highest BCUT2D eigenvalue weighted by atomic mass is 16.3. The number of nitrogens with zero attached hydrogens (tertiary/aromatic N) is 2. The van der Waals surface area contributed by atoms with E-state index < -0.39 is 5.60 Å². The van der Waals surface area contributed by atoms with Crippen LogP contribution in [0.2, 0.25) is 0 Å². The van der Waals surface area contributed by atoms with E-state index in [1.807, 2.05) is 0 Å². The first-order chi connectivity index (χ1) is 13.9. The molecule has 0 spiro atoms. The van der Waals surface area contributed by atoms with Crippen LogP contribution in [0.4, 0.5) is 11.5 Å². The summed E-state index contributed by atoms with van der Waals surface area (Å²) in [6, 6.07) is 0.322. The molecule has 6 atom stereocenters. The van der Waals surface area contributed by atoms with Crippen molar-refractivity contribution in [3.63, 3.8) is 0 Å². The zero-order valence-electron chi connectivity index (χ0n) is 17.7. The minimum absolute atomic E-state index is 0.0965. The van der Waals surface area contributed by atoms with Gasteiger partial charge in [0.25, 0.3) is 5.91 Å². The molecule has 5 aliphatic rings. The van der Waals surface area contributed by atoms with E-state index in [2.05, 4.69) is 39.9 Å². The third-order valence-electron chi connectivity index (χ3n) is 7.65. The second-order valence-electron chi connectivity index (χ2n) is 10.1. The fourth-order valence-electron chi connectivity index (χ4n) is 6.83. The Morgan fingerprint density at radius 2 is 2.03 bits per heavy atom. The number of amides is 1. The van der Waals surface area contributed by atoms with Crippen LogP contribution in [0.25, 0.3) is 0 Å². The predicted octanol–water partition coefficient (Wildman–Crippen LogP) is 1.86. The van der Waals surface area contributed by atoms with Crippen LogP contribution in [0.15, 0.2) is 6.20 Å². The zero-order chi connectivity index (χ0) is 20.3. The number of carbonyl (C=O) groups excluding carboxylic acids is 1. The Balaban J connectivity index is 1.52. The topological polar surface area (TPSA) is 89.5 Å². The molecular weight excluding hydrogens is 366 g/mol. The number of hydrogen-bond acceptors (Lipinski definition) is 6. The number of rotatable bonds is 5. The van der Waals surface area contributed by atoms with E-state index in [-0.39, 0.29) is 5.91 Å². The van der Waals surface area contributed by atoms with Gasteiger partial charge in [-0.15, -0.1) is 0 Å². The minimum Gasteiger partial charge on any atom is -0.390 e. The van der Waals surface area contributed by atoms with Crippen molar-refractivity contribution in [2.75, 3.05) is 44.9 Å². The summed E-state index contributed by atoms with van der Waals surface area (Å²) in [6.07, 6.45) is 6.85. The SMILES string of the molecule is CNC(=O)c1cnc2c(c1NC1[C@@H]3CC4C[C@H]1CC(O)(C4)C3)C(CN(C)C)CN2. The number of anilines is 2. The van der Waals surface area contributed by atoms with Crippen LogP contribution >= 0.6 is 0 Å². The average Bonchev–Trinajstić information content (AvgIpc) is 3.05. The Morgan fingerprint density at radius 3 is 2.66 bits per heavy atom. The van der Waals surface area contributed by atoms with Crippen molar-refractivity contribution in [3.8, 4) is 0 Å². The number of fused-ring (bicyclic) bond motifs is 1. The van der Waals surface area contributed by atoms with E-state index in [1.54, 1.807) is 13.2 Å². The van der Waals surface area contributed by atoms with Gasteiger partial charge in [0.2, 0.25) is 0 Å². The molecule has 0 saturated heterocycles. The van der Waals surface area contributed by atoms with Gasteiger partial charge in [0, 0.05) is 43.9 Å². The van der Waals surface area contributed by atoms with Crippen LogP contribution in [-0.4, -0.2) is 66.8 Å². The van der Waals surface area contributed by atoms with Crippen molar-refractivity contribution in [2.24, 2.45) is 17.8 Å². The molecule has 4 saturated carbocycles. The van der Waals surface area contributed by atoms with Gasteiger partial charge in [-0.1, -0.05) is 0 Å². The summed E-state index contributed by atoms with van der Waals surface area (Å²) >= 11 is 0. The molecule has 4 N–H and O–H groups in total. The molecule has 1 aromatic rings. The normalized spacial score (nSPS) is 36.8. The van der Waals surface area contributed by atoms with Crippen LogP contribution in [0.3, 0.4) is 0 Å². The van der Waals surface area contributed by atoms with Gasteiger partial charge in [-0.2, -0.15) is 0 Å². The highest BCUT2D eigenvalue weighted by molar-refractivity contribution is 6.01. The Bertz CT molecular complexity index is 810. The van der Waals surface area contributed by atoms with Crippen molar-refractivity contribution in [2.45, 2.75) is 49.7 Å². The lowest BCUT2D eigenvalue weighted by Crippen LogP contribution is -2.59. The molecule has 29 heavy (non-hydrogen) atoms. The molecule has 7 nitrogen and oxygen atoms in total. The Hall–Kier alpha value is -1.86. The monoisotopic (exact) mass is 399 g/mol. The van der Waals surface area contributed by atoms with Gasteiger partial charge >= 0.3 is 0 Å². The van der Waals surface area contributed by atoms with Gasteiger partial charge < -0.3 is 26.0 Å². The predicted molar refractivity (Wildman–Crippen MR) is 113 cm³/mol. The zero-order valence-corrected chi connectivity index (χ0v) is 17.7. The second kappa shape index (κ2) is 6.84. The first-order valence-electron chi connectivity index (χ1n) is 11.0. The van der Waals surface area contributed by atoms with Crippen LogP contribution in [0, 0.1) is 17.8 Å². The van der Waals surface area contributed by atoms with Gasteiger partial charge in [-0.3, -0.25) is 4.79 Å². The number of aliphatic hydroxyl groups is 1. The lowest BCUT2D eigenvalue weighted by Gasteiger charge is -2.58. The lowest BCUT2D eigenvalue weighted by molar-refractivity contribution is -0.129. The molecule has 4 unspecified atom stereocenters. The molecule has 0 radical (unpaired) electrons. The summed E-state index contributed by atoms with van der Waals surface area (Å²) in [4.78, 5) is 19.5. The van der Waals surface area contributed by atoms with E-state index in [1.165, 1.54) is 12.8 Å². The van der Waals surface area contributed by atoms with E-state index in [4.69, 9.17) is 0 Å². The molecule has 2 heterocycles. The number of nitrogens with one attached hydrogen (secondary N) is 3. The van der Waals surface area contributed by atoms with E-state index in [9.17, 15) is 9.90 Å². The van der Waals surface area contributed by atoms with Crippen molar-refractivity contribution < 1.29 is 9.90 Å². The molecule has 1 amide bonds. The second-order valence-corrected chi connectivity index (χ2v) is 10.1. The minimum atomic E-state index is -0.451. The molecule has 158 valence electrons. The quantitative estimate of drug-likeness (QED) is 0.604. The first kappa shape index (κ1) is 19.1. The highest BCUT2D eigenvalue weighted by Crippen LogP contribution is 2.56. The van der Waals surface area contributed by atoms with Crippen molar-refractivity contribution in [1.82, 2.24) is 15.2 Å². The van der Waals surface area contributed by atoms with Gasteiger partial charge in [0.15, 0.2) is 0 Å². The molecule has 6 rings (SSSR count). The summed E-state index contributed by atoms with van der Waals surface area (Å²) in [5, 5.41) is 21.0. The third-order valence-corrected chi connectivity index (χ3v) is 7.65. The van der Waals surface area contributed by atoms with Crippen LogP contribution in [0.5, 0.6) is 0 Å². The Morgan fingerprint density at radius 1 is 1.31 bits per heavy atom. The van der Waals surface area contributed by atoms with Crippen molar-refractivity contribution in [1.29, 1.82) is 0 Å². The van der Waals surface area contributed by atoms with E-state index in [0.717, 1.165) is 49.4 Å². The maximum absolute atomic E-state index is 12.7. The van der Waals surface area contributed by atoms with Gasteiger partial charge in [0.05, 0.1) is 16.9 Å². The molecule has 4 bridgehead atoms. The summed E-state index contributed by atoms with van der Waals surface area (Å²) in [5.74, 6) is 2.72. The first-order valence-corrected chi connectivity index (χ1v) is 11.0. The number of pyridine rings is 1. The lowest BCUT2D eigenvalue weighted by atomic mass is 9.52. The Kier molecular flexibility index (Phi) is 4.51. The van der Waals surface area contributed by atoms with Gasteiger partial charge in [-0.05, 0) is 64.0 Å². The fraction of sp³-hybridized carbons (Fsp3) is 0.727. The molecule has 0 aromatic carbocycles. The molecule has 7 heteroatoms.